The summed E-state index contributed by atoms with van der Waals surface area (Å²) in [5.41, 5.74) is 1.46. The van der Waals surface area contributed by atoms with Gasteiger partial charge in [-0.05, 0) is 30.9 Å². The van der Waals surface area contributed by atoms with Gasteiger partial charge in [-0.2, -0.15) is 5.10 Å². The van der Waals surface area contributed by atoms with Crippen LogP contribution in [0.15, 0.2) is 36.8 Å². The molecule has 0 spiro atoms. The molecule has 6 heteroatoms. The highest BCUT2D eigenvalue weighted by atomic mass is 16.3. The minimum absolute atomic E-state index is 0.0225. The number of aromatic amines is 1. The number of amides is 1. The second-order valence-corrected chi connectivity index (χ2v) is 5.48. The lowest BCUT2D eigenvalue weighted by Crippen LogP contribution is -2.48. The molecule has 0 aromatic carbocycles. The van der Waals surface area contributed by atoms with Crippen molar-refractivity contribution >= 4 is 5.91 Å². The number of hydrogen-bond acceptors (Lipinski definition) is 4. The van der Waals surface area contributed by atoms with Gasteiger partial charge in [0.05, 0.1) is 17.9 Å². The fraction of sp³-hybridized carbons (Fsp3) is 0.400. The lowest BCUT2D eigenvalue weighted by atomic mass is 9.76. The average Bonchev–Trinajstić information content (AvgIpc) is 2.98. The Morgan fingerprint density at radius 1 is 1.48 bits per heavy atom. The first kappa shape index (κ1) is 13.8. The predicted molar refractivity (Wildman–Crippen MR) is 76.5 cm³/mol. The first-order valence-corrected chi connectivity index (χ1v) is 7.10. The van der Waals surface area contributed by atoms with Crippen LogP contribution in [0.5, 0.6) is 0 Å². The number of nitrogens with one attached hydrogen (secondary N) is 2. The minimum Gasteiger partial charge on any atom is -0.393 e. The van der Waals surface area contributed by atoms with Crippen LogP contribution in [-0.2, 0) is 6.42 Å². The molecule has 21 heavy (non-hydrogen) atoms. The van der Waals surface area contributed by atoms with E-state index in [0.29, 0.717) is 12.0 Å². The van der Waals surface area contributed by atoms with E-state index >= 15 is 0 Å². The summed E-state index contributed by atoms with van der Waals surface area (Å²) in [5, 5.41) is 19.0. The number of aliphatic hydroxyl groups excluding tert-OH is 1. The van der Waals surface area contributed by atoms with Gasteiger partial charge < -0.3 is 10.4 Å². The molecule has 2 aromatic heterocycles. The molecule has 3 rings (SSSR count). The van der Waals surface area contributed by atoms with Gasteiger partial charge in [-0.1, -0.05) is 6.07 Å². The van der Waals surface area contributed by atoms with Gasteiger partial charge in [-0.3, -0.25) is 14.9 Å². The molecule has 0 aliphatic heterocycles. The van der Waals surface area contributed by atoms with E-state index in [0.717, 1.165) is 18.5 Å². The van der Waals surface area contributed by atoms with Crippen molar-refractivity contribution in [2.45, 2.75) is 31.4 Å². The summed E-state index contributed by atoms with van der Waals surface area (Å²) in [6.07, 6.45) is 6.70. The van der Waals surface area contributed by atoms with Crippen molar-refractivity contribution in [3.8, 4) is 0 Å². The maximum atomic E-state index is 12.2. The zero-order chi connectivity index (χ0) is 14.7. The van der Waals surface area contributed by atoms with Crippen molar-refractivity contribution in [3.05, 3.63) is 48.0 Å². The Balaban J connectivity index is 1.69. The fourth-order valence-corrected chi connectivity index (χ4v) is 2.66. The lowest BCUT2D eigenvalue weighted by molar-refractivity contribution is 0.0238. The van der Waals surface area contributed by atoms with Crippen molar-refractivity contribution in [1.82, 2.24) is 20.5 Å². The van der Waals surface area contributed by atoms with Crippen LogP contribution in [0.4, 0.5) is 0 Å². The van der Waals surface area contributed by atoms with Crippen molar-refractivity contribution in [1.29, 1.82) is 0 Å². The Kier molecular flexibility index (Phi) is 3.96. The van der Waals surface area contributed by atoms with E-state index in [-0.39, 0.29) is 24.0 Å². The molecule has 0 bridgehead atoms. The van der Waals surface area contributed by atoms with Crippen molar-refractivity contribution in [2.24, 2.45) is 5.92 Å². The van der Waals surface area contributed by atoms with Gasteiger partial charge in [0, 0.05) is 30.6 Å². The largest absolute Gasteiger partial charge is 0.393 e. The van der Waals surface area contributed by atoms with E-state index in [1.807, 2.05) is 18.2 Å². The Labute approximate surface area is 122 Å². The molecule has 3 N–H and O–H groups in total. The molecule has 1 fully saturated rings. The fourth-order valence-electron chi connectivity index (χ4n) is 2.66. The van der Waals surface area contributed by atoms with Crippen molar-refractivity contribution in [3.63, 3.8) is 0 Å². The molecule has 1 amide bonds. The normalized spacial score (nSPS) is 22.3. The Morgan fingerprint density at radius 2 is 2.33 bits per heavy atom. The summed E-state index contributed by atoms with van der Waals surface area (Å²) < 4.78 is 0. The van der Waals surface area contributed by atoms with Gasteiger partial charge in [0.1, 0.15) is 0 Å². The highest BCUT2D eigenvalue weighted by molar-refractivity contribution is 5.93. The van der Waals surface area contributed by atoms with Crippen LogP contribution in [0, 0.1) is 5.92 Å². The van der Waals surface area contributed by atoms with Crippen LogP contribution in [0.25, 0.3) is 0 Å². The quantitative estimate of drug-likeness (QED) is 0.762. The van der Waals surface area contributed by atoms with Gasteiger partial charge in [-0.25, -0.2) is 0 Å². The molecular weight excluding hydrogens is 268 g/mol. The maximum absolute atomic E-state index is 12.2. The molecule has 1 atom stereocenters. The summed E-state index contributed by atoms with van der Waals surface area (Å²) in [6.45, 7) is 0. The summed E-state index contributed by atoms with van der Waals surface area (Å²) in [4.78, 5) is 16.5. The highest BCUT2D eigenvalue weighted by Gasteiger charge is 2.35. The van der Waals surface area contributed by atoms with Crippen LogP contribution in [0.3, 0.4) is 0 Å². The number of hydrogen-bond donors (Lipinski definition) is 3. The Morgan fingerprint density at radius 3 is 2.95 bits per heavy atom. The molecular formula is C15H18N4O2. The van der Waals surface area contributed by atoms with Gasteiger partial charge >= 0.3 is 0 Å². The number of nitrogens with zero attached hydrogens (tertiary/aromatic N) is 2. The van der Waals surface area contributed by atoms with Crippen molar-refractivity contribution < 1.29 is 9.90 Å². The second-order valence-electron chi connectivity index (χ2n) is 5.48. The lowest BCUT2D eigenvalue weighted by Gasteiger charge is -2.38. The molecule has 1 aliphatic rings. The standard InChI is InChI=1S/C15H18N4O2/c20-13-5-10(6-13)14(7-12-3-1-2-4-16-12)19-15(21)11-8-17-18-9-11/h1-4,8-10,13-14,20H,5-7H2,(H,17,18)(H,19,21)/t10?,13?,14-/m0/s1. The molecule has 2 heterocycles. The van der Waals surface area contributed by atoms with E-state index in [1.54, 1.807) is 12.4 Å². The van der Waals surface area contributed by atoms with Crippen LogP contribution < -0.4 is 5.32 Å². The van der Waals surface area contributed by atoms with E-state index in [4.69, 9.17) is 0 Å². The number of aliphatic hydroxyl groups is 1. The molecule has 110 valence electrons. The minimum atomic E-state index is -0.243. The van der Waals surface area contributed by atoms with Crippen LogP contribution in [0.2, 0.25) is 0 Å². The predicted octanol–water partition coefficient (Wildman–Crippen LogP) is 0.917. The third-order valence-electron chi connectivity index (χ3n) is 3.95. The van der Waals surface area contributed by atoms with Crippen molar-refractivity contribution in [2.75, 3.05) is 0 Å². The first-order chi connectivity index (χ1) is 10.2. The summed E-state index contributed by atoms with van der Waals surface area (Å²) in [7, 11) is 0. The number of carbonyl (C=O) groups is 1. The summed E-state index contributed by atoms with van der Waals surface area (Å²) in [6, 6.07) is 5.74. The number of rotatable bonds is 5. The molecule has 0 unspecified atom stereocenters. The van der Waals surface area contributed by atoms with Gasteiger partial charge in [0.25, 0.3) is 5.91 Å². The smallest absolute Gasteiger partial charge is 0.254 e. The number of pyridine rings is 1. The number of H-pyrrole nitrogens is 1. The van der Waals surface area contributed by atoms with E-state index in [1.165, 1.54) is 6.20 Å². The maximum Gasteiger partial charge on any atom is 0.254 e. The van der Waals surface area contributed by atoms with Gasteiger partial charge in [0.2, 0.25) is 0 Å². The molecule has 0 saturated heterocycles. The van der Waals surface area contributed by atoms with Crippen LogP contribution >= 0.6 is 0 Å². The second kappa shape index (κ2) is 6.05. The topological polar surface area (TPSA) is 90.9 Å². The SMILES string of the molecule is O=C(N[C@@H](Cc1ccccn1)C1CC(O)C1)c1cn[nH]c1. The number of carbonyl (C=O) groups excluding carboxylic acids is 1. The van der Waals surface area contributed by atoms with Gasteiger partial charge in [0.15, 0.2) is 0 Å². The van der Waals surface area contributed by atoms with E-state index < -0.39 is 0 Å². The zero-order valence-electron chi connectivity index (χ0n) is 11.6. The molecule has 1 aliphatic carbocycles. The molecule has 6 nitrogen and oxygen atoms in total. The molecule has 2 aromatic rings. The zero-order valence-corrected chi connectivity index (χ0v) is 11.6. The molecule has 1 saturated carbocycles. The average molecular weight is 286 g/mol. The summed E-state index contributed by atoms with van der Waals surface area (Å²) >= 11 is 0. The highest BCUT2D eigenvalue weighted by Crippen LogP contribution is 2.31. The summed E-state index contributed by atoms with van der Waals surface area (Å²) in [5.74, 6) is 0.143. The van der Waals surface area contributed by atoms with E-state index in [9.17, 15) is 9.90 Å². The third-order valence-corrected chi connectivity index (χ3v) is 3.95. The Hall–Kier alpha value is -2.21. The monoisotopic (exact) mass is 286 g/mol. The van der Waals surface area contributed by atoms with Gasteiger partial charge in [-0.15, -0.1) is 0 Å². The van der Waals surface area contributed by atoms with Crippen LogP contribution in [0.1, 0.15) is 28.9 Å². The Bertz CT molecular complexity index is 579. The van der Waals surface area contributed by atoms with E-state index in [2.05, 4.69) is 20.5 Å². The first-order valence-electron chi connectivity index (χ1n) is 7.10. The molecule has 0 radical (unpaired) electrons. The van der Waals surface area contributed by atoms with Crippen LogP contribution in [-0.4, -0.2) is 38.3 Å². The third kappa shape index (κ3) is 3.28. The number of aromatic nitrogens is 3.